The molecule has 0 unspecified atom stereocenters. The summed E-state index contributed by atoms with van der Waals surface area (Å²) < 4.78 is 50.6. The van der Waals surface area contributed by atoms with Crippen LogP contribution >= 0.6 is 11.3 Å². The fourth-order valence-corrected chi connectivity index (χ4v) is 4.77. The number of aromatic amines is 1. The fraction of sp³-hybridized carbons (Fsp3) is 0.625. The summed E-state index contributed by atoms with van der Waals surface area (Å²) in [5.41, 5.74) is 0.233. The second kappa shape index (κ2) is 6.13. The summed E-state index contributed by atoms with van der Waals surface area (Å²) in [6, 6.07) is 0. The minimum Gasteiger partial charge on any atom is -0.315 e. The minimum atomic E-state index is -3.86. The van der Waals surface area contributed by atoms with Gasteiger partial charge in [0.25, 0.3) is 10.0 Å². The largest absolute Gasteiger partial charge is 0.315 e. The van der Waals surface area contributed by atoms with Gasteiger partial charge < -0.3 is 4.98 Å². The van der Waals surface area contributed by atoms with Crippen molar-refractivity contribution in [2.45, 2.75) is 18.1 Å². The molecule has 0 saturated heterocycles. The van der Waals surface area contributed by atoms with Crippen molar-refractivity contribution >= 4 is 31.4 Å². The maximum atomic E-state index is 11.8. The quantitative estimate of drug-likeness (QED) is 0.589. The number of aromatic nitrogens is 1. The smallest absolute Gasteiger partial charge is 0.305 e. The predicted molar refractivity (Wildman–Crippen MR) is 72.3 cm³/mol. The molecular weight excluding hydrogens is 314 g/mol. The summed E-state index contributed by atoms with van der Waals surface area (Å²) in [6.07, 6.45) is 0. The lowest BCUT2D eigenvalue weighted by atomic mass is 10.6. The van der Waals surface area contributed by atoms with Gasteiger partial charge in [-0.3, -0.25) is 4.79 Å². The minimum absolute atomic E-state index is 0.127. The Morgan fingerprint density at radius 2 is 1.84 bits per heavy atom. The number of thiazole rings is 1. The third-order valence-electron chi connectivity index (χ3n) is 2.05. The average Bonchev–Trinajstić information content (AvgIpc) is 2.57. The van der Waals surface area contributed by atoms with Gasteiger partial charge in [0, 0.05) is 18.8 Å². The van der Waals surface area contributed by atoms with E-state index in [9.17, 15) is 21.6 Å². The lowest BCUT2D eigenvalue weighted by Gasteiger charge is -2.06. The molecule has 0 aliphatic heterocycles. The van der Waals surface area contributed by atoms with Crippen molar-refractivity contribution in [3.63, 3.8) is 0 Å². The van der Waals surface area contributed by atoms with Crippen LogP contribution in [0.5, 0.6) is 0 Å². The number of hydrogen-bond donors (Lipinski definition) is 3. The maximum Gasteiger partial charge on any atom is 0.305 e. The van der Waals surface area contributed by atoms with Crippen LogP contribution in [0.4, 0.5) is 0 Å². The van der Waals surface area contributed by atoms with Crippen LogP contribution in [0, 0.1) is 6.92 Å². The van der Waals surface area contributed by atoms with Crippen LogP contribution in [0.1, 0.15) is 12.6 Å². The van der Waals surface area contributed by atoms with Crippen LogP contribution in [0.2, 0.25) is 0 Å². The van der Waals surface area contributed by atoms with Crippen molar-refractivity contribution in [3.05, 3.63) is 15.4 Å². The van der Waals surface area contributed by atoms with Crippen LogP contribution < -0.4 is 14.3 Å². The molecule has 0 saturated carbocycles. The Morgan fingerprint density at radius 3 is 2.32 bits per heavy atom. The summed E-state index contributed by atoms with van der Waals surface area (Å²) in [5, 5.41) is 0. The molecule has 0 aliphatic rings. The van der Waals surface area contributed by atoms with Crippen LogP contribution in [0.3, 0.4) is 0 Å². The van der Waals surface area contributed by atoms with Gasteiger partial charge in [-0.15, -0.1) is 0 Å². The van der Waals surface area contributed by atoms with E-state index in [-0.39, 0.29) is 28.7 Å². The Labute approximate surface area is 115 Å². The van der Waals surface area contributed by atoms with Gasteiger partial charge in [-0.2, -0.15) is 0 Å². The molecule has 0 atom stereocenters. The zero-order valence-corrected chi connectivity index (χ0v) is 12.8. The topological polar surface area (TPSA) is 125 Å². The molecular formula is C8H15N3O5S3. The molecule has 1 aromatic rings. The molecule has 3 N–H and O–H groups in total. The number of rotatable bonds is 7. The first-order chi connectivity index (χ1) is 8.68. The van der Waals surface area contributed by atoms with Crippen molar-refractivity contribution in [1.29, 1.82) is 0 Å². The Kier molecular flexibility index (Phi) is 5.26. The Morgan fingerprint density at radius 1 is 1.21 bits per heavy atom. The first-order valence-corrected chi connectivity index (χ1v) is 9.30. The standard InChI is InChI=1S/C8H15N3O5S3/c1-3-9-18(13,14)5-4-10-19(15,16)7-6(2)11-8(12)17-7/h9-10H,3-5H2,1-2H3,(H,11,12). The summed E-state index contributed by atoms with van der Waals surface area (Å²) >= 11 is 0.563. The van der Waals surface area contributed by atoms with Gasteiger partial charge in [-0.05, 0) is 6.92 Å². The van der Waals surface area contributed by atoms with E-state index in [1.165, 1.54) is 6.92 Å². The average molecular weight is 329 g/mol. The molecule has 0 spiro atoms. The highest BCUT2D eigenvalue weighted by molar-refractivity contribution is 7.92. The summed E-state index contributed by atoms with van der Waals surface area (Å²) in [4.78, 5) is 12.9. The highest BCUT2D eigenvalue weighted by Gasteiger charge is 2.21. The van der Waals surface area contributed by atoms with E-state index in [1.807, 2.05) is 0 Å². The molecule has 0 aliphatic carbocycles. The molecule has 0 radical (unpaired) electrons. The molecule has 0 bridgehead atoms. The van der Waals surface area contributed by atoms with Crippen molar-refractivity contribution in [1.82, 2.24) is 14.4 Å². The van der Waals surface area contributed by atoms with Gasteiger partial charge in [-0.25, -0.2) is 26.3 Å². The number of sulfonamides is 2. The molecule has 1 aromatic heterocycles. The van der Waals surface area contributed by atoms with Crippen LogP contribution in [-0.4, -0.2) is 40.7 Å². The first-order valence-electron chi connectivity index (χ1n) is 5.34. The van der Waals surface area contributed by atoms with Gasteiger partial charge in [0.05, 0.1) is 5.75 Å². The normalized spacial score (nSPS) is 12.7. The third-order valence-corrected chi connectivity index (χ3v) is 6.59. The van der Waals surface area contributed by atoms with E-state index in [4.69, 9.17) is 0 Å². The van der Waals surface area contributed by atoms with E-state index in [2.05, 4.69) is 14.4 Å². The van der Waals surface area contributed by atoms with Gasteiger partial charge in [0.2, 0.25) is 10.0 Å². The van der Waals surface area contributed by atoms with Gasteiger partial charge >= 0.3 is 4.87 Å². The highest BCUT2D eigenvalue weighted by atomic mass is 32.2. The van der Waals surface area contributed by atoms with E-state index in [1.54, 1.807) is 6.92 Å². The van der Waals surface area contributed by atoms with E-state index in [0.717, 1.165) is 0 Å². The molecule has 8 nitrogen and oxygen atoms in total. The van der Waals surface area contributed by atoms with Crippen molar-refractivity contribution in [2.24, 2.45) is 0 Å². The Balaban J connectivity index is 2.73. The number of hydrogen-bond acceptors (Lipinski definition) is 6. The lowest BCUT2D eigenvalue weighted by molar-refractivity contribution is 0.577. The highest BCUT2D eigenvalue weighted by Crippen LogP contribution is 2.14. The van der Waals surface area contributed by atoms with E-state index < -0.39 is 24.9 Å². The van der Waals surface area contributed by atoms with Crippen LogP contribution in [0.25, 0.3) is 0 Å². The molecule has 110 valence electrons. The second-order valence-corrected chi connectivity index (χ2v) is 8.51. The first kappa shape index (κ1) is 16.3. The molecule has 11 heteroatoms. The maximum absolute atomic E-state index is 11.8. The monoisotopic (exact) mass is 329 g/mol. The molecule has 0 fully saturated rings. The predicted octanol–water partition coefficient (Wildman–Crippen LogP) is -1.04. The number of aryl methyl sites for hydroxylation is 1. The number of H-pyrrole nitrogens is 1. The fourth-order valence-electron chi connectivity index (χ4n) is 1.31. The van der Waals surface area contributed by atoms with Gasteiger partial charge in [0.1, 0.15) is 0 Å². The Hall–Kier alpha value is -0.750. The van der Waals surface area contributed by atoms with Crippen molar-refractivity contribution in [2.75, 3.05) is 18.8 Å². The van der Waals surface area contributed by atoms with Crippen molar-refractivity contribution < 1.29 is 16.8 Å². The molecule has 1 heterocycles. The third kappa shape index (κ3) is 4.69. The van der Waals surface area contributed by atoms with Crippen LogP contribution in [0.15, 0.2) is 9.00 Å². The lowest BCUT2D eigenvalue weighted by Crippen LogP contribution is -2.34. The van der Waals surface area contributed by atoms with Crippen molar-refractivity contribution in [3.8, 4) is 0 Å². The zero-order chi connectivity index (χ0) is 14.7. The van der Waals surface area contributed by atoms with Gasteiger partial charge in [-0.1, -0.05) is 18.3 Å². The summed E-state index contributed by atoms with van der Waals surface area (Å²) in [7, 11) is -7.35. The second-order valence-electron chi connectivity index (χ2n) is 3.64. The SMILES string of the molecule is CCNS(=O)(=O)CCNS(=O)(=O)c1sc(=O)[nH]c1C. The molecule has 1 rings (SSSR count). The molecule has 0 amide bonds. The molecule has 0 aromatic carbocycles. The molecule has 19 heavy (non-hydrogen) atoms. The Bertz CT molecular complexity index is 685. The van der Waals surface area contributed by atoms with Crippen LogP contribution in [-0.2, 0) is 20.0 Å². The summed E-state index contributed by atoms with van der Waals surface area (Å²) in [5.74, 6) is -0.363. The number of nitrogens with one attached hydrogen (secondary N) is 3. The van der Waals surface area contributed by atoms with Gasteiger partial charge in [0.15, 0.2) is 4.21 Å². The zero-order valence-electron chi connectivity index (χ0n) is 10.4. The van der Waals surface area contributed by atoms with E-state index in [0.29, 0.717) is 11.3 Å². The van der Waals surface area contributed by atoms with E-state index >= 15 is 0 Å². The summed E-state index contributed by atoms with van der Waals surface area (Å²) in [6.45, 7) is 3.07.